The highest BCUT2D eigenvalue weighted by Gasteiger charge is 2.14. The third kappa shape index (κ3) is 3.76. The Bertz CT molecular complexity index is 1050. The number of amides is 1. The zero-order valence-electron chi connectivity index (χ0n) is 14.1. The minimum Gasteiger partial charge on any atom is -0.353 e. The van der Waals surface area contributed by atoms with Crippen LogP contribution in [-0.4, -0.2) is 26.2 Å². The lowest BCUT2D eigenvalue weighted by Crippen LogP contribution is -2.23. The topological polar surface area (TPSA) is 79.8 Å². The third-order valence-electron chi connectivity index (χ3n) is 3.69. The number of nitrogens with zero attached hydrogens (tertiary/aromatic N) is 2. The second-order valence-electron chi connectivity index (χ2n) is 5.62. The normalized spacial score (nSPS) is 11.1. The molecule has 9 heteroatoms. The Hall–Kier alpha value is -2.32. The van der Waals surface area contributed by atoms with Gasteiger partial charge < -0.3 is 10.3 Å². The van der Waals surface area contributed by atoms with Gasteiger partial charge in [-0.3, -0.25) is 14.2 Å². The van der Waals surface area contributed by atoms with E-state index in [4.69, 9.17) is 11.6 Å². The van der Waals surface area contributed by atoms with E-state index in [1.807, 2.05) is 13.8 Å². The van der Waals surface area contributed by atoms with E-state index in [1.165, 1.54) is 16.7 Å². The number of rotatable bonds is 5. The Kier molecular flexibility index (Phi) is 5.33. The van der Waals surface area contributed by atoms with Gasteiger partial charge in [0, 0.05) is 17.3 Å². The van der Waals surface area contributed by atoms with Crippen LogP contribution < -0.4 is 10.9 Å². The van der Waals surface area contributed by atoms with Crippen molar-refractivity contribution in [1.82, 2.24) is 14.5 Å². The van der Waals surface area contributed by atoms with Gasteiger partial charge in [-0.05, 0) is 38.1 Å². The molecule has 2 aromatic heterocycles. The molecule has 0 atom stereocenters. The maximum atomic E-state index is 13.8. The van der Waals surface area contributed by atoms with E-state index in [0.717, 1.165) is 23.5 Å². The summed E-state index contributed by atoms with van der Waals surface area (Å²) in [5.74, 6) is -1.02. The average Bonchev–Trinajstić information content (AvgIpc) is 2.96. The molecular weight excluding hydrogens is 379 g/mol. The first-order chi connectivity index (χ1) is 12.4. The molecule has 2 heterocycles. The summed E-state index contributed by atoms with van der Waals surface area (Å²) in [7, 11) is 0. The van der Waals surface area contributed by atoms with Crippen LogP contribution in [-0.2, 0) is 11.3 Å². The number of H-pyrrole nitrogens is 1. The lowest BCUT2D eigenvalue weighted by Gasteiger charge is -2.10. The van der Waals surface area contributed by atoms with Crippen LogP contribution in [0.4, 0.5) is 10.1 Å². The molecule has 0 saturated heterocycles. The number of fused-ring (bicyclic) bond motifs is 1. The molecule has 0 aliphatic carbocycles. The summed E-state index contributed by atoms with van der Waals surface area (Å²) >= 11 is 6.82. The number of carbonyl (C=O) groups is 1. The first-order valence-electron chi connectivity index (χ1n) is 7.87. The number of thioether (sulfide) groups is 1. The molecule has 26 heavy (non-hydrogen) atoms. The van der Waals surface area contributed by atoms with Crippen LogP contribution in [0.2, 0.25) is 5.02 Å². The maximum Gasteiger partial charge on any atom is 0.278 e. The first-order valence-corrected chi connectivity index (χ1v) is 9.23. The van der Waals surface area contributed by atoms with Gasteiger partial charge in [-0.25, -0.2) is 9.37 Å². The predicted octanol–water partition coefficient (Wildman–Crippen LogP) is 3.58. The van der Waals surface area contributed by atoms with Crippen molar-refractivity contribution in [3.63, 3.8) is 0 Å². The van der Waals surface area contributed by atoms with Gasteiger partial charge in [0.25, 0.3) is 5.56 Å². The second-order valence-corrected chi connectivity index (χ2v) is 7.00. The fourth-order valence-corrected chi connectivity index (χ4v) is 3.53. The summed E-state index contributed by atoms with van der Waals surface area (Å²) < 4.78 is 15.3. The highest BCUT2D eigenvalue weighted by atomic mass is 35.5. The molecule has 0 saturated carbocycles. The Balaban J connectivity index is 1.78. The fraction of sp³-hybridized carbons (Fsp3) is 0.235. The SMILES string of the molecule is CCn1c(SCC(=O)Nc2ccc(Cl)cc2F)nc2cc(C)[nH]c2c1=O. The number of hydrogen-bond donors (Lipinski definition) is 2. The number of nitrogens with one attached hydrogen (secondary N) is 2. The molecule has 6 nitrogen and oxygen atoms in total. The summed E-state index contributed by atoms with van der Waals surface area (Å²) in [6.07, 6.45) is 0. The van der Waals surface area contributed by atoms with Crippen molar-refractivity contribution in [2.75, 3.05) is 11.1 Å². The highest BCUT2D eigenvalue weighted by molar-refractivity contribution is 7.99. The van der Waals surface area contributed by atoms with Crippen LogP contribution in [0, 0.1) is 12.7 Å². The molecule has 0 unspecified atom stereocenters. The minimum atomic E-state index is -0.608. The van der Waals surface area contributed by atoms with E-state index in [9.17, 15) is 14.0 Å². The number of carbonyl (C=O) groups excluding carboxylic acids is 1. The van der Waals surface area contributed by atoms with Crippen LogP contribution in [0.3, 0.4) is 0 Å². The Morgan fingerprint density at radius 3 is 2.88 bits per heavy atom. The molecule has 136 valence electrons. The van der Waals surface area contributed by atoms with E-state index < -0.39 is 11.7 Å². The summed E-state index contributed by atoms with van der Waals surface area (Å²) in [6.45, 7) is 4.10. The molecule has 0 spiro atoms. The minimum absolute atomic E-state index is 0.0105. The molecule has 2 N–H and O–H groups in total. The van der Waals surface area contributed by atoms with Crippen molar-refractivity contribution in [1.29, 1.82) is 0 Å². The lowest BCUT2D eigenvalue weighted by molar-refractivity contribution is -0.113. The van der Waals surface area contributed by atoms with Crippen molar-refractivity contribution < 1.29 is 9.18 Å². The van der Waals surface area contributed by atoms with Crippen molar-refractivity contribution in [3.8, 4) is 0 Å². The van der Waals surface area contributed by atoms with E-state index >= 15 is 0 Å². The van der Waals surface area contributed by atoms with Gasteiger partial charge in [-0.15, -0.1) is 0 Å². The van der Waals surface area contributed by atoms with Gasteiger partial charge in [0.2, 0.25) is 5.91 Å². The Morgan fingerprint density at radius 1 is 1.42 bits per heavy atom. The number of hydrogen-bond acceptors (Lipinski definition) is 4. The maximum absolute atomic E-state index is 13.8. The number of aryl methyl sites for hydroxylation is 1. The zero-order chi connectivity index (χ0) is 18.8. The van der Waals surface area contributed by atoms with Crippen molar-refractivity contribution in [3.05, 3.63) is 51.2 Å². The van der Waals surface area contributed by atoms with Gasteiger partial charge >= 0.3 is 0 Å². The van der Waals surface area contributed by atoms with Gasteiger partial charge in [-0.2, -0.15) is 0 Å². The lowest BCUT2D eigenvalue weighted by atomic mass is 10.3. The molecule has 0 radical (unpaired) electrons. The Morgan fingerprint density at radius 2 is 2.19 bits per heavy atom. The van der Waals surface area contributed by atoms with Crippen molar-refractivity contribution in [2.24, 2.45) is 0 Å². The van der Waals surface area contributed by atoms with E-state index in [-0.39, 0.29) is 22.0 Å². The predicted molar refractivity (Wildman–Crippen MR) is 102 cm³/mol. The van der Waals surface area contributed by atoms with E-state index in [1.54, 1.807) is 6.07 Å². The largest absolute Gasteiger partial charge is 0.353 e. The monoisotopic (exact) mass is 394 g/mol. The molecule has 3 aromatic rings. The second kappa shape index (κ2) is 7.51. The fourth-order valence-electron chi connectivity index (χ4n) is 2.51. The molecule has 0 fully saturated rings. The first kappa shape index (κ1) is 18.5. The summed E-state index contributed by atoms with van der Waals surface area (Å²) in [5, 5.41) is 3.18. The summed E-state index contributed by atoms with van der Waals surface area (Å²) in [6, 6.07) is 5.80. The number of anilines is 1. The van der Waals surface area contributed by atoms with Crippen LogP contribution in [0.1, 0.15) is 12.6 Å². The molecule has 1 amide bonds. The highest BCUT2D eigenvalue weighted by Crippen LogP contribution is 2.21. The zero-order valence-corrected chi connectivity index (χ0v) is 15.7. The van der Waals surface area contributed by atoms with Gasteiger partial charge in [0.1, 0.15) is 11.3 Å². The Labute approximate surface area is 157 Å². The quantitative estimate of drug-likeness (QED) is 0.512. The molecule has 3 rings (SSSR count). The number of aromatic nitrogens is 3. The summed E-state index contributed by atoms with van der Waals surface area (Å²) in [5.41, 5.74) is 1.71. The van der Waals surface area contributed by atoms with Gasteiger partial charge in [-0.1, -0.05) is 23.4 Å². The average molecular weight is 395 g/mol. The van der Waals surface area contributed by atoms with Crippen molar-refractivity contribution in [2.45, 2.75) is 25.5 Å². The molecule has 0 aliphatic heterocycles. The van der Waals surface area contributed by atoms with Crippen LogP contribution in [0.25, 0.3) is 11.0 Å². The molecule has 0 bridgehead atoms. The number of aromatic amines is 1. The van der Waals surface area contributed by atoms with Gasteiger partial charge in [0.05, 0.1) is 17.0 Å². The third-order valence-corrected chi connectivity index (χ3v) is 4.90. The summed E-state index contributed by atoms with van der Waals surface area (Å²) in [4.78, 5) is 32.1. The van der Waals surface area contributed by atoms with E-state index in [0.29, 0.717) is 22.7 Å². The van der Waals surface area contributed by atoms with Crippen molar-refractivity contribution >= 4 is 46.0 Å². The molecular formula is C17H16ClFN4O2S. The number of halogens is 2. The standard InChI is InChI=1S/C17H16ClFN4O2S/c1-3-23-16(25)15-13(6-9(2)20-15)22-17(23)26-8-14(24)21-12-5-4-10(18)7-11(12)19/h4-7,20H,3,8H2,1-2H3,(H,21,24). The van der Waals surface area contributed by atoms with E-state index in [2.05, 4.69) is 15.3 Å². The van der Waals surface area contributed by atoms with Gasteiger partial charge in [0.15, 0.2) is 5.16 Å². The smallest absolute Gasteiger partial charge is 0.278 e. The number of benzene rings is 1. The van der Waals surface area contributed by atoms with Crippen LogP contribution in [0.5, 0.6) is 0 Å². The molecule has 1 aromatic carbocycles. The molecule has 0 aliphatic rings. The van der Waals surface area contributed by atoms with Crippen LogP contribution >= 0.6 is 23.4 Å². The van der Waals surface area contributed by atoms with Crippen LogP contribution in [0.15, 0.2) is 34.2 Å².